The van der Waals surface area contributed by atoms with E-state index in [1.807, 2.05) is 12.1 Å². The minimum absolute atomic E-state index is 0.0439. The van der Waals surface area contributed by atoms with E-state index in [4.69, 9.17) is 4.98 Å². The number of aryl methyl sites for hydroxylation is 2. The third-order valence-corrected chi connectivity index (χ3v) is 4.91. The molecule has 0 saturated heterocycles. The molecule has 0 saturated carbocycles. The number of hydrogen-bond acceptors (Lipinski definition) is 3. The average molecular weight is 365 g/mol. The summed E-state index contributed by atoms with van der Waals surface area (Å²) in [6.45, 7) is 5.14. The number of para-hydroxylation sites is 1. The lowest BCUT2D eigenvalue weighted by atomic mass is 10.1. The number of benzene rings is 1. The van der Waals surface area contributed by atoms with E-state index >= 15 is 0 Å². The number of fused-ring (bicyclic) bond motifs is 1. The molecule has 0 fully saturated rings. The zero-order valence-electron chi connectivity index (χ0n) is 16.1. The van der Waals surface area contributed by atoms with Crippen molar-refractivity contribution in [1.82, 2.24) is 14.5 Å². The highest BCUT2D eigenvalue weighted by Crippen LogP contribution is 2.26. The molecule has 0 aliphatic carbocycles. The highest BCUT2D eigenvalue weighted by atomic mass is 16.4. The van der Waals surface area contributed by atoms with Gasteiger partial charge in [-0.3, -0.25) is 0 Å². The van der Waals surface area contributed by atoms with Crippen LogP contribution in [0.1, 0.15) is 61.5 Å². The van der Waals surface area contributed by atoms with Crippen molar-refractivity contribution in [3.63, 3.8) is 0 Å². The third kappa shape index (κ3) is 4.35. The summed E-state index contributed by atoms with van der Waals surface area (Å²) in [5.74, 6) is -0.275. The van der Waals surface area contributed by atoms with Gasteiger partial charge in [-0.25, -0.2) is 14.8 Å². The van der Waals surface area contributed by atoms with Gasteiger partial charge in [0, 0.05) is 6.54 Å². The number of carbonyl (C=O) groups is 1. The van der Waals surface area contributed by atoms with Crippen LogP contribution in [0.5, 0.6) is 0 Å². The summed E-state index contributed by atoms with van der Waals surface area (Å²) in [5, 5.41) is 9.26. The SMILES string of the molecule is CCCCCCCCn1c(-c2cccc(C(=O)O)n2)nc2c(C)cccc21. The second kappa shape index (κ2) is 8.80. The standard InChI is InChI=1S/C22H27N3O2/c1-3-4-5-6-7-8-15-25-19-14-9-11-16(2)20(19)24-21(25)17-12-10-13-18(23-17)22(26)27/h9-14H,3-8,15H2,1-2H3,(H,26,27). The predicted octanol–water partition coefficient (Wildman–Crippen LogP) is 5.47. The summed E-state index contributed by atoms with van der Waals surface area (Å²) in [7, 11) is 0. The molecular formula is C22H27N3O2. The van der Waals surface area contributed by atoms with Crippen LogP contribution >= 0.6 is 0 Å². The van der Waals surface area contributed by atoms with Gasteiger partial charge in [-0.1, -0.05) is 57.2 Å². The number of hydrogen-bond donors (Lipinski definition) is 1. The summed E-state index contributed by atoms with van der Waals surface area (Å²) >= 11 is 0. The fourth-order valence-corrected chi connectivity index (χ4v) is 3.44. The Kier molecular flexibility index (Phi) is 6.22. The Hall–Kier alpha value is -2.69. The lowest BCUT2D eigenvalue weighted by Crippen LogP contribution is -2.05. The second-order valence-corrected chi connectivity index (χ2v) is 7.01. The molecule has 0 aliphatic heterocycles. The van der Waals surface area contributed by atoms with Crippen molar-refractivity contribution in [3.8, 4) is 11.5 Å². The van der Waals surface area contributed by atoms with Crippen LogP contribution in [0.3, 0.4) is 0 Å². The summed E-state index contributed by atoms with van der Waals surface area (Å²) in [6.07, 6.45) is 7.35. The lowest BCUT2D eigenvalue weighted by molar-refractivity contribution is 0.0690. The molecule has 0 bridgehead atoms. The van der Waals surface area contributed by atoms with Crippen molar-refractivity contribution in [2.45, 2.75) is 58.9 Å². The zero-order chi connectivity index (χ0) is 19.2. The molecule has 1 N–H and O–H groups in total. The molecule has 0 radical (unpaired) electrons. The highest BCUT2D eigenvalue weighted by molar-refractivity contribution is 5.87. The Bertz CT molecular complexity index is 930. The molecule has 27 heavy (non-hydrogen) atoms. The second-order valence-electron chi connectivity index (χ2n) is 7.01. The molecule has 5 heteroatoms. The van der Waals surface area contributed by atoms with Crippen LogP contribution in [0.25, 0.3) is 22.6 Å². The number of carboxylic acids is 1. The topological polar surface area (TPSA) is 68.0 Å². The van der Waals surface area contributed by atoms with E-state index in [1.54, 1.807) is 6.07 Å². The van der Waals surface area contributed by atoms with E-state index in [1.165, 1.54) is 38.2 Å². The molecule has 1 aromatic carbocycles. The molecule has 0 amide bonds. The van der Waals surface area contributed by atoms with Gasteiger partial charge in [0.05, 0.1) is 11.0 Å². The van der Waals surface area contributed by atoms with E-state index in [2.05, 4.69) is 35.5 Å². The quantitative estimate of drug-likeness (QED) is 0.511. The van der Waals surface area contributed by atoms with Crippen LogP contribution in [0.15, 0.2) is 36.4 Å². The van der Waals surface area contributed by atoms with Gasteiger partial charge in [-0.05, 0) is 37.1 Å². The number of nitrogens with zero attached hydrogens (tertiary/aromatic N) is 3. The van der Waals surface area contributed by atoms with Crippen LogP contribution in [0, 0.1) is 6.92 Å². The molecule has 3 rings (SSSR count). The Morgan fingerprint density at radius 3 is 2.52 bits per heavy atom. The third-order valence-electron chi connectivity index (χ3n) is 4.91. The maximum Gasteiger partial charge on any atom is 0.354 e. The number of rotatable bonds is 9. The minimum Gasteiger partial charge on any atom is -0.477 e. The molecule has 3 aromatic rings. The molecule has 0 aliphatic rings. The number of imidazole rings is 1. The van der Waals surface area contributed by atoms with Gasteiger partial charge in [0.2, 0.25) is 0 Å². The van der Waals surface area contributed by atoms with Gasteiger partial charge >= 0.3 is 5.97 Å². The fourth-order valence-electron chi connectivity index (χ4n) is 3.44. The first-order chi connectivity index (χ1) is 13.1. The Labute approximate surface area is 160 Å². The van der Waals surface area contributed by atoms with Crippen LogP contribution in [-0.4, -0.2) is 25.6 Å². The number of pyridine rings is 1. The number of aromatic carboxylic acids is 1. The summed E-state index contributed by atoms with van der Waals surface area (Å²) in [5.41, 5.74) is 3.81. The van der Waals surface area contributed by atoms with E-state index in [0.717, 1.165) is 35.4 Å². The van der Waals surface area contributed by atoms with Gasteiger partial charge in [-0.15, -0.1) is 0 Å². The average Bonchev–Trinajstić information content (AvgIpc) is 3.05. The zero-order valence-corrected chi connectivity index (χ0v) is 16.1. The fraction of sp³-hybridized carbons (Fsp3) is 0.409. The van der Waals surface area contributed by atoms with Crippen molar-refractivity contribution >= 4 is 17.0 Å². The largest absolute Gasteiger partial charge is 0.477 e. The van der Waals surface area contributed by atoms with Crippen LogP contribution in [-0.2, 0) is 6.54 Å². The van der Waals surface area contributed by atoms with Gasteiger partial charge in [0.25, 0.3) is 0 Å². The molecule has 2 heterocycles. The summed E-state index contributed by atoms with van der Waals surface area (Å²) in [4.78, 5) is 20.4. The van der Waals surface area contributed by atoms with Gasteiger partial charge in [0.15, 0.2) is 5.82 Å². The first-order valence-corrected chi connectivity index (χ1v) is 9.78. The number of unbranched alkanes of at least 4 members (excludes halogenated alkanes) is 5. The number of aromatic nitrogens is 3. The minimum atomic E-state index is -1.02. The van der Waals surface area contributed by atoms with E-state index in [-0.39, 0.29) is 5.69 Å². The van der Waals surface area contributed by atoms with E-state index in [9.17, 15) is 9.90 Å². The highest BCUT2D eigenvalue weighted by Gasteiger charge is 2.16. The Balaban J connectivity index is 1.93. The summed E-state index contributed by atoms with van der Waals surface area (Å²) < 4.78 is 2.19. The summed E-state index contributed by atoms with van der Waals surface area (Å²) in [6, 6.07) is 11.2. The normalized spacial score (nSPS) is 11.2. The maximum atomic E-state index is 11.3. The molecule has 0 spiro atoms. The Morgan fingerprint density at radius 2 is 1.74 bits per heavy atom. The van der Waals surface area contributed by atoms with Crippen molar-refractivity contribution < 1.29 is 9.90 Å². The molecule has 0 unspecified atom stereocenters. The monoisotopic (exact) mass is 365 g/mol. The van der Waals surface area contributed by atoms with Crippen molar-refractivity contribution in [1.29, 1.82) is 0 Å². The first kappa shape index (κ1) is 19.1. The van der Waals surface area contributed by atoms with Gasteiger partial charge in [-0.2, -0.15) is 0 Å². The van der Waals surface area contributed by atoms with E-state index < -0.39 is 5.97 Å². The maximum absolute atomic E-state index is 11.3. The molecule has 2 aromatic heterocycles. The lowest BCUT2D eigenvalue weighted by Gasteiger charge is -2.09. The van der Waals surface area contributed by atoms with Gasteiger partial charge < -0.3 is 9.67 Å². The smallest absolute Gasteiger partial charge is 0.354 e. The van der Waals surface area contributed by atoms with Crippen molar-refractivity contribution in [2.75, 3.05) is 0 Å². The Morgan fingerprint density at radius 1 is 1.00 bits per heavy atom. The predicted molar refractivity (Wildman–Crippen MR) is 108 cm³/mol. The molecular weight excluding hydrogens is 338 g/mol. The van der Waals surface area contributed by atoms with Crippen LogP contribution < -0.4 is 0 Å². The molecule has 0 atom stereocenters. The van der Waals surface area contributed by atoms with Crippen LogP contribution in [0.2, 0.25) is 0 Å². The van der Waals surface area contributed by atoms with Crippen molar-refractivity contribution in [2.24, 2.45) is 0 Å². The molecule has 142 valence electrons. The number of carboxylic acid groups (broad SMARTS) is 1. The first-order valence-electron chi connectivity index (χ1n) is 9.78. The van der Waals surface area contributed by atoms with Crippen LogP contribution in [0.4, 0.5) is 0 Å². The van der Waals surface area contributed by atoms with Crippen molar-refractivity contribution in [3.05, 3.63) is 47.7 Å². The molecule has 5 nitrogen and oxygen atoms in total. The van der Waals surface area contributed by atoms with Gasteiger partial charge in [0.1, 0.15) is 11.4 Å². The van der Waals surface area contributed by atoms with E-state index in [0.29, 0.717) is 5.69 Å².